The molecule has 0 aliphatic rings. The van der Waals surface area contributed by atoms with Gasteiger partial charge < -0.3 is 4.74 Å². The van der Waals surface area contributed by atoms with Crippen molar-refractivity contribution >= 4 is 11.9 Å². The molecule has 0 aliphatic heterocycles. The van der Waals surface area contributed by atoms with E-state index in [-0.39, 0.29) is 12.2 Å². The predicted octanol–water partition coefficient (Wildman–Crippen LogP) is 2.01. The fourth-order valence-electron chi connectivity index (χ4n) is 1.41. The fourth-order valence-corrected chi connectivity index (χ4v) is 1.41. The van der Waals surface area contributed by atoms with Crippen LogP contribution in [0.15, 0.2) is 18.3 Å². The molecule has 0 aromatic carbocycles. The maximum Gasteiger partial charge on any atom is 0.417 e. The second kappa shape index (κ2) is 5.34. The smallest absolute Gasteiger partial charge is 0.417 e. The first-order valence-corrected chi connectivity index (χ1v) is 4.95. The second-order valence-electron chi connectivity index (χ2n) is 3.31. The molecular weight excluding hydrogens is 194 g/mol. The standard InChI is InChI=1S/C11H15NO3/c1-3-5-10(13)8-9-6-4-7-12(9)11(14)15-2/h4,6-7H,3,5,8H2,1-2H3. The minimum atomic E-state index is -0.459. The van der Waals surface area contributed by atoms with Crippen LogP contribution in [0.2, 0.25) is 0 Å². The van der Waals surface area contributed by atoms with E-state index < -0.39 is 6.09 Å². The molecule has 0 unspecified atom stereocenters. The third-order valence-electron chi connectivity index (χ3n) is 2.11. The fraction of sp³-hybridized carbons (Fsp3) is 0.455. The van der Waals surface area contributed by atoms with E-state index in [2.05, 4.69) is 4.74 Å². The average Bonchev–Trinajstić information content (AvgIpc) is 2.65. The van der Waals surface area contributed by atoms with Gasteiger partial charge in [-0.15, -0.1) is 0 Å². The van der Waals surface area contributed by atoms with Gasteiger partial charge in [-0.1, -0.05) is 6.92 Å². The van der Waals surface area contributed by atoms with Crippen LogP contribution < -0.4 is 0 Å². The van der Waals surface area contributed by atoms with E-state index in [0.717, 1.165) is 6.42 Å². The highest BCUT2D eigenvalue weighted by Gasteiger charge is 2.11. The first kappa shape index (κ1) is 11.5. The van der Waals surface area contributed by atoms with Gasteiger partial charge in [0.25, 0.3) is 0 Å². The van der Waals surface area contributed by atoms with Gasteiger partial charge in [0.1, 0.15) is 5.78 Å². The van der Waals surface area contributed by atoms with E-state index in [9.17, 15) is 9.59 Å². The van der Waals surface area contributed by atoms with Crippen molar-refractivity contribution in [2.24, 2.45) is 0 Å². The summed E-state index contributed by atoms with van der Waals surface area (Å²) >= 11 is 0. The van der Waals surface area contributed by atoms with Crippen molar-refractivity contribution in [2.75, 3.05) is 7.11 Å². The summed E-state index contributed by atoms with van der Waals surface area (Å²) in [5, 5.41) is 0. The Bertz CT molecular complexity index is 354. The molecule has 0 saturated carbocycles. The van der Waals surface area contributed by atoms with Gasteiger partial charge >= 0.3 is 6.09 Å². The second-order valence-corrected chi connectivity index (χ2v) is 3.31. The molecule has 0 N–H and O–H groups in total. The number of nitrogens with zero attached hydrogens (tertiary/aromatic N) is 1. The zero-order chi connectivity index (χ0) is 11.3. The van der Waals surface area contributed by atoms with Gasteiger partial charge in [0.05, 0.1) is 7.11 Å². The molecule has 0 radical (unpaired) electrons. The van der Waals surface area contributed by atoms with Crippen LogP contribution in [0.5, 0.6) is 0 Å². The van der Waals surface area contributed by atoms with E-state index in [4.69, 9.17) is 0 Å². The number of ether oxygens (including phenoxy) is 1. The SMILES string of the molecule is CCCC(=O)Cc1cccn1C(=O)OC. The topological polar surface area (TPSA) is 48.3 Å². The van der Waals surface area contributed by atoms with Crippen molar-refractivity contribution in [1.82, 2.24) is 4.57 Å². The quantitative estimate of drug-likeness (QED) is 0.762. The molecule has 4 nitrogen and oxygen atoms in total. The largest absolute Gasteiger partial charge is 0.452 e. The molecular formula is C11H15NO3. The molecule has 15 heavy (non-hydrogen) atoms. The summed E-state index contributed by atoms with van der Waals surface area (Å²) in [6, 6.07) is 3.48. The monoisotopic (exact) mass is 209 g/mol. The first-order chi connectivity index (χ1) is 7.19. The normalized spacial score (nSPS) is 10.0. The summed E-state index contributed by atoms with van der Waals surface area (Å²) in [6.07, 6.45) is 2.81. The Labute approximate surface area is 88.8 Å². The lowest BCUT2D eigenvalue weighted by Gasteiger charge is -2.05. The van der Waals surface area contributed by atoms with Crippen molar-refractivity contribution in [3.8, 4) is 0 Å². The molecule has 1 rings (SSSR count). The van der Waals surface area contributed by atoms with Crippen molar-refractivity contribution in [3.05, 3.63) is 24.0 Å². The zero-order valence-corrected chi connectivity index (χ0v) is 9.03. The Morgan fingerprint density at radius 1 is 1.47 bits per heavy atom. The van der Waals surface area contributed by atoms with Crippen molar-refractivity contribution in [2.45, 2.75) is 26.2 Å². The van der Waals surface area contributed by atoms with Crippen LogP contribution in [0.4, 0.5) is 4.79 Å². The summed E-state index contributed by atoms with van der Waals surface area (Å²) in [4.78, 5) is 22.7. The van der Waals surface area contributed by atoms with Crippen LogP contribution in [0, 0.1) is 0 Å². The summed E-state index contributed by atoms with van der Waals surface area (Å²) in [6.45, 7) is 1.96. The van der Waals surface area contributed by atoms with Gasteiger partial charge in [-0.3, -0.25) is 9.36 Å². The third kappa shape index (κ3) is 2.94. The zero-order valence-electron chi connectivity index (χ0n) is 9.03. The van der Waals surface area contributed by atoms with Crippen LogP contribution >= 0.6 is 0 Å². The molecule has 1 heterocycles. The predicted molar refractivity (Wildman–Crippen MR) is 55.9 cm³/mol. The first-order valence-electron chi connectivity index (χ1n) is 4.95. The number of carbonyl (C=O) groups is 2. The van der Waals surface area contributed by atoms with Crippen LogP contribution in [-0.2, 0) is 16.0 Å². The minimum absolute atomic E-state index is 0.140. The number of hydrogen-bond donors (Lipinski definition) is 0. The molecule has 0 saturated heterocycles. The van der Waals surface area contributed by atoms with Gasteiger partial charge in [0.2, 0.25) is 0 Å². The van der Waals surface area contributed by atoms with Gasteiger partial charge in [-0.2, -0.15) is 0 Å². The number of carbonyl (C=O) groups excluding carboxylic acids is 2. The van der Waals surface area contributed by atoms with Crippen molar-refractivity contribution in [1.29, 1.82) is 0 Å². The number of hydrogen-bond acceptors (Lipinski definition) is 3. The minimum Gasteiger partial charge on any atom is -0.452 e. The van der Waals surface area contributed by atoms with Crippen LogP contribution in [-0.4, -0.2) is 23.6 Å². The number of Topliss-reactive ketones (excluding diaryl/α,β-unsaturated/α-hetero) is 1. The number of ketones is 1. The lowest BCUT2D eigenvalue weighted by atomic mass is 10.1. The molecule has 1 aromatic rings. The Balaban J connectivity index is 2.73. The van der Waals surface area contributed by atoms with Crippen LogP contribution in [0.3, 0.4) is 0 Å². The number of methoxy groups -OCH3 is 1. The van der Waals surface area contributed by atoms with E-state index in [0.29, 0.717) is 12.1 Å². The molecule has 0 spiro atoms. The molecule has 0 amide bonds. The van der Waals surface area contributed by atoms with E-state index >= 15 is 0 Å². The summed E-state index contributed by atoms with van der Waals surface area (Å²) in [5.41, 5.74) is 0.681. The Morgan fingerprint density at radius 2 is 2.20 bits per heavy atom. The van der Waals surface area contributed by atoms with Gasteiger partial charge in [-0.25, -0.2) is 4.79 Å². The van der Waals surface area contributed by atoms with E-state index in [1.54, 1.807) is 18.3 Å². The molecule has 82 valence electrons. The third-order valence-corrected chi connectivity index (χ3v) is 2.11. The van der Waals surface area contributed by atoms with E-state index in [1.165, 1.54) is 11.7 Å². The average molecular weight is 209 g/mol. The molecule has 0 fully saturated rings. The molecule has 4 heteroatoms. The highest BCUT2D eigenvalue weighted by molar-refractivity contribution is 5.82. The van der Waals surface area contributed by atoms with Gasteiger partial charge in [0.15, 0.2) is 0 Å². The van der Waals surface area contributed by atoms with Crippen molar-refractivity contribution < 1.29 is 14.3 Å². The Hall–Kier alpha value is -1.58. The van der Waals surface area contributed by atoms with Crippen LogP contribution in [0.25, 0.3) is 0 Å². The molecule has 1 aromatic heterocycles. The highest BCUT2D eigenvalue weighted by atomic mass is 16.5. The number of aromatic nitrogens is 1. The summed E-state index contributed by atoms with van der Waals surface area (Å²) in [7, 11) is 1.32. The molecule has 0 bridgehead atoms. The molecule has 0 atom stereocenters. The summed E-state index contributed by atoms with van der Waals surface area (Å²) in [5.74, 6) is 0.140. The highest BCUT2D eigenvalue weighted by Crippen LogP contribution is 2.06. The van der Waals surface area contributed by atoms with Crippen LogP contribution in [0.1, 0.15) is 25.5 Å². The lowest BCUT2D eigenvalue weighted by Crippen LogP contribution is -2.15. The maximum atomic E-state index is 11.4. The Morgan fingerprint density at radius 3 is 2.80 bits per heavy atom. The van der Waals surface area contributed by atoms with Gasteiger partial charge in [-0.05, 0) is 18.6 Å². The maximum absolute atomic E-state index is 11.4. The number of rotatable bonds is 4. The lowest BCUT2D eigenvalue weighted by molar-refractivity contribution is -0.118. The van der Waals surface area contributed by atoms with E-state index in [1.807, 2.05) is 6.92 Å². The van der Waals surface area contributed by atoms with Gasteiger partial charge in [0, 0.05) is 24.7 Å². The summed E-state index contributed by atoms with van der Waals surface area (Å²) < 4.78 is 5.94. The van der Waals surface area contributed by atoms with Crippen molar-refractivity contribution in [3.63, 3.8) is 0 Å². The molecule has 0 aliphatic carbocycles. The Kier molecular flexibility index (Phi) is 4.09.